The summed E-state index contributed by atoms with van der Waals surface area (Å²) in [6.07, 6.45) is 2.85. The minimum absolute atomic E-state index is 0.260. The molecular formula is C15H24N2O4. The first kappa shape index (κ1) is 17.1. The maximum Gasteiger partial charge on any atom is 0.355 e. The molecule has 0 radical (unpaired) electrons. The third kappa shape index (κ3) is 4.81. The van der Waals surface area contributed by atoms with Gasteiger partial charge in [0.25, 0.3) is 0 Å². The summed E-state index contributed by atoms with van der Waals surface area (Å²) in [4.78, 5) is 24.0. The number of nitrogen functional groups attached to an aromatic ring is 1. The second kappa shape index (κ2) is 8.34. The van der Waals surface area contributed by atoms with Crippen LogP contribution in [0, 0.1) is 0 Å². The van der Waals surface area contributed by atoms with Crippen LogP contribution in [0.1, 0.15) is 50.5 Å². The van der Waals surface area contributed by atoms with Crippen LogP contribution >= 0.6 is 0 Å². The number of aryl methyl sites for hydroxylation is 1. The Morgan fingerprint density at radius 1 is 1.29 bits per heavy atom. The van der Waals surface area contributed by atoms with E-state index in [0.717, 1.165) is 12.8 Å². The van der Waals surface area contributed by atoms with E-state index in [-0.39, 0.29) is 6.61 Å². The Kier molecular flexibility index (Phi) is 6.78. The highest BCUT2D eigenvalue weighted by molar-refractivity contribution is 5.91. The number of carbonyl (C=O) groups excluding carboxylic acids is 2. The van der Waals surface area contributed by atoms with Gasteiger partial charge in [0.2, 0.25) is 0 Å². The number of nitrogens with zero attached hydrogens (tertiary/aromatic N) is 1. The fraction of sp³-hybridized carbons (Fsp3) is 0.600. The van der Waals surface area contributed by atoms with Gasteiger partial charge in [0.05, 0.1) is 12.3 Å². The molecule has 21 heavy (non-hydrogen) atoms. The Balaban J connectivity index is 2.83. The van der Waals surface area contributed by atoms with Crippen LogP contribution < -0.4 is 5.73 Å². The lowest BCUT2D eigenvalue weighted by molar-refractivity contribution is -0.153. The van der Waals surface area contributed by atoms with Crippen molar-refractivity contribution in [3.63, 3.8) is 0 Å². The van der Waals surface area contributed by atoms with Crippen LogP contribution in [0.5, 0.6) is 0 Å². The van der Waals surface area contributed by atoms with Crippen LogP contribution in [0.4, 0.5) is 5.69 Å². The molecule has 1 aromatic heterocycles. The Labute approximate surface area is 125 Å². The van der Waals surface area contributed by atoms with E-state index in [1.165, 1.54) is 0 Å². The minimum atomic E-state index is -0.867. The van der Waals surface area contributed by atoms with E-state index in [4.69, 9.17) is 15.2 Å². The number of esters is 2. The van der Waals surface area contributed by atoms with Gasteiger partial charge in [-0.15, -0.1) is 0 Å². The lowest BCUT2D eigenvalue weighted by atomic mass is 10.2. The number of rotatable bonds is 8. The van der Waals surface area contributed by atoms with Gasteiger partial charge in [0, 0.05) is 12.7 Å². The van der Waals surface area contributed by atoms with E-state index in [9.17, 15) is 9.59 Å². The molecule has 0 spiro atoms. The fourth-order valence-electron chi connectivity index (χ4n) is 2.04. The summed E-state index contributed by atoms with van der Waals surface area (Å²) in [7, 11) is 0. The van der Waals surface area contributed by atoms with Gasteiger partial charge in [0.1, 0.15) is 5.69 Å². The molecule has 0 amide bonds. The molecule has 6 nitrogen and oxygen atoms in total. The first-order valence-electron chi connectivity index (χ1n) is 7.36. The second-order valence-electron chi connectivity index (χ2n) is 4.79. The van der Waals surface area contributed by atoms with Gasteiger partial charge in [-0.1, -0.05) is 20.3 Å². The molecule has 1 atom stereocenters. The topological polar surface area (TPSA) is 83.5 Å². The fourth-order valence-corrected chi connectivity index (χ4v) is 2.04. The summed E-state index contributed by atoms with van der Waals surface area (Å²) in [6, 6.07) is 1.56. The second-order valence-corrected chi connectivity index (χ2v) is 4.79. The van der Waals surface area contributed by atoms with Gasteiger partial charge in [0.15, 0.2) is 6.10 Å². The van der Waals surface area contributed by atoms with Gasteiger partial charge >= 0.3 is 11.9 Å². The number of carbonyl (C=O) groups is 2. The lowest BCUT2D eigenvalue weighted by Gasteiger charge is -2.16. The molecule has 0 aliphatic heterocycles. The lowest BCUT2D eigenvalue weighted by Crippen LogP contribution is -2.30. The SMILES string of the molecule is CCCC(OC(=O)c1cc(N)cn1CCC)C(=O)OCC. The number of hydrogen-bond donors (Lipinski definition) is 1. The Hall–Kier alpha value is -1.98. The molecular weight excluding hydrogens is 272 g/mol. The van der Waals surface area contributed by atoms with Crippen LogP contribution in [0.2, 0.25) is 0 Å². The van der Waals surface area contributed by atoms with Crippen molar-refractivity contribution in [3.05, 3.63) is 18.0 Å². The average Bonchev–Trinajstić information content (AvgIpc) is 2.80. The van der Waals surface area contributed by atoms with Crippen LogP contribution in [0.15, 0.2) is 12.3 Å². The van der Waals surface area contributed by atoms with Gasteiger partial charge in [-0.05, 0) is 25.8 Å². The third-order valence-corrected chi connectivity index (χ3v) is 2.94. The summed E-state index contributed by atoms with van der Waals surface area (Å²) >= 11 is 0. The first-order chi connectivity index (χ1) is 10.0. The van der Waals surface area contributed by atoms with E-state index in [1.54, 1.807) is 23.8 Å². The van der Waals surface area contributed by atoms with Gasteiger partial charge in [-0.25, -0.2) is 9.59 Å². The molecule has 118 valence electrons. The Morgan fingerprint density at radius 2 is 2.00 bits per heavy atom. The zero-order valence-corrected chi connectivity index (χ0v) is 12.9. The number of ether oxygens (including phenoxy) is 2. The standard InChI is InChI=1S/C15H24N2O4/c1-4-7-13(15(19)20-6-3)21-14(18)12-9-11(16)10-17(12)8-5-2/h9-10,13H,4-8,16H2,1-3H3. The molecule has 0 saturated carbocycles. The molecule has 0 saturated heterocycles. The maximum atomic E-state index is 12.2. The maximum absolute atomic E-state index is 12.2. The van der Waals surface area contributed by atoms with Crippen molar-refractivity contribution < 1.29 is 19.1 Å². The molecule has 1 heterocycles. The molecule has 0 bridgehead atoms. The molecule has 1 rings (SSSR count). The van der Waals surface area contributed by atoms with E-state index in [2.05, 4.69) is 0 Å². The van der Waals surface area contributed by atoms with E-state index in [0.29, 0.717) is 24.3 Å². The predicted octanol–water partition coefficient (Wildman–Crippen LogP) is 2.37. The monoisotopic (exact) mass is 296 g/mol. The summed E-state index contributed by atoms with van der Waals surface area (Å²) in [6.45, 7) is 6.56. The highest BCUT2D eigenvalue weighted by atomic mass is 16.6. The summed E-state index contributed by atoms with van der Waals surface area (Å²) in [5.74, 6) is -1.05. The van der Waals surface area contributed by atoms with Crippen molar-refractivity contribution in [3.8, 4) is 0 Å². The zero-order valence-electron chi connectivity index (χ0n) is 12.9. The van der Waals surface area contributed by atoms with Crippen molar-refractivity contribution in [2.75, 3.05) is 12.3 Å². The molecule has 0 aliphatic carbocycles. The molecule has 1 aromatic rings. The quantitative estimate of drug-likeness (QED) is 0.745. The van der Waals surface area contributed by atoms with E-state index in [1.807, 2.05) is 13.8 Å². The van der Waals surface area contributed by atoms with Crippen molar-refractivity contribution in [2.45, 2.75) is 52.7 Å². The molecule has 1 unspecified atom stereocenters. The summed E-state index contributed by atoms with van der Waals surface area (Å²) in [5.41, 5.74) is 6.58. The zero-order chi connectivity index (χ0) is 15.8. The van der Waals surface area contributed by atoms with Gasteiger partial charge in [-0.3, -0.25) is 0 Å². The summed E-state index contributed by atoms with van der Waals surface area (Å²) < 4.78 is 12.0. The van der Waals surface area contributed by atoms with Crippen LogP contribution in [0.3, 0.4) is 0 Å². The minimum Gasteiger partial charge on any atom is -0.463 e. The van der Waals surface area contributed by atoms with Crippen molar-refractivity contribution in [1.82, 2.24) is 4.57 Å². The molecule has 0 aromatic carbocycles. The number of nitrogens with two attached hydrogens (primary N) is 1. The number of hydrogen-bond acceptors (Lipinski definition) is 5. The van der Waals surface area contributed by atoms with E-state index < -0.39 is 18.0 Å². The number of aromatic nitrogens is 1. The van der Waals surface area contributed by atoms with Crippen molar-refractivity contribution in [1.29, 1.82) is 0 Å². The average molecular weight is 296 g/mol. The normalized spacial score (nSPS) is 12.0. The van der Waals surface area contributed by atoms with Crippen LogP contribution in [0.25, 0.3) is 0 Å². The number of anilines is 1. The summed E-state index contributed by atoms with van der Waals surface area (Å²) in [5, 5.41) is 0. The highest BCUT2D eigenvalue weighted by Gasteiger charge is 2.25. The smallest absolute Gasteiger partial charge is 0.355 e. The predicted molar refractivity (Wildman–Crippen MR) is 79.9 cm³/mol. The van der Waals surface area contributed by atoms with E-state index >= 15 is 0 Å². The largest absolute Gasteiger partial charge is 0.463 e. The molecule has 0 aliphatic rings. The van der Waals surface area contributed by atoms with Crippen LogP contribution in [-0.4, -0.2) is 29.2 Å². The highest BCUT2D eigenvalue weighted by Crippen LogP contribution is 2.15. The van der Waals surface area contributed by atoms with Crippen LogP contribution in [-0.2, 0) is 20.8 Å². The molecule has 0 fully saturated rings. The molecule has 6 heteroatoms. The van der Waals surface area contributed by atoms with Gasteiger partial charge < -0.3 is 19.8 Å². The first-order valence-corrected chi connectivity index (χ1v) is 7.36. The molecule has 2 N–H and O–H groups in total. The van der Waals surface area contributed by atoms with Crippen molar-refractivity contribution >= 4 is 17.6 Å². The Morgan fingerprint density at radius 3 is 2.57 bits per heavy atom. The third-order valence-electron chi connectivity index (χ3n) is 2.94. The van der Waals surface area contributed by atoms with Crippen molar-refractivity contribution in [2.24, 2.45) is 0 Å². The Bertz CT molecular complexity index is 482. The van der Waals surface area contributed by atoms with Gasteiger partial charge in [-0.2, -0.15) is 0 Å².